The van der Waals surface area contributed by atoms with Crippen LogP contribution in [0.25, 0.3) is 0 Å². The molecule has 2 unspecified atom stereocenters. The third-order valence-corrected chi connectivity index (χ3v) is 4.41. The lowest BCUT2D eigenvalue weighted by Gasteiger charge is -2.31. The Kier molecular flexibility index (Phi) is 4.47. The number of hydrogen-bond donors (Lipinski definition) is 1. The van der Waals surface area contributed by atoms with Crippen molar-refractivity contribution in [2.75, 3.05) is 5.32 Å². The van der Waals surface area contributed by atoms with E-state index < -0.39 is 11.7 Å². The standard InChI is InChI=1S/C17H17F3N4/c18-17(19,20)16-9-14(5-4-12(16)10-21)23-13-2-1-3-15(8-13)24-7-6-22-11-24/h4-7,9,11,13,15,23H,1-3,8H2. The van der Waals surface area contributed by atoms with E-state index in [2.05, 4.69) is 10.3 Å². The molecule has 0 spiro atoms. The number of nitrogens with zero attached hydrogens (tertiary/aromatic N) is 3. The molecule has 4 nitrogen and oxygen atoms in total. The number of rotatable bonds is 3. The highest BCUT2D eigenvalue weighted by molar-refractivity contribution is 5.53. The van der Waals surface area contributed by atoms with Crippen LogP contribution in [0.5, 0.6) is 0 Å². The summed E-state index contributed by atoms with van der Waals surface area (Å²) in [5.41, 5.74) is -0.845. The summed E-state index contributed by atoms with van der Waals surface area (Å²) in [4.78, 5) is 4.05. The molecular weight excluding hydrogens is 317 g/mol. The van der Waals surface area contributed by atoms with E-state index in [9.17, 15) is 13.2 Å². The highest BCUT2D eigenvalue weighted by Gasteiger charge is 2.34. The molecule has 0 radical (unpaired) electrons. The predicted molar refractivity (Wildman–Crippen MR) is 83.3 cm³/mol. The minimum Gasteiger partial charge on any atom is -0.382 e. The fourth-order valence-corrected chi connectivity index (χ4v) is 3.25. The molecule has 1 aliphatic rings. The first kappa shape index (κ1) is 16.4. The fourth-order valence-electron chi connectivity index (χ4n) is 3.25. The number of aromatic nitrogens is 2. The zero-order chi connectivity index (χ0) is 17.2. The summed E-state index contributed by atoms with van der Waals surface area (Å²) in [6.07, 6.45) is 4.66. The molecule has 1 aliphatic carbocycles. The average Bonchev–Trinajstić information content (AvgIpc) is 3.09. The Balaban J connectivity index is 1.75. The fraction of sp³-hybridized carbons (Fsp3) is 0.412. The van der Waals surface area contributed by atoms with E-state index in [1.54, 1.807) is 18.6 Å². The molecule has 0 amide bonds. The van der Waals surface area contributed by atoms with E-state index in [1.807, 2.05) is 10.8 Å². The minimum absolute atomic E-state index is 0.0974. The summed E-state index contributed by atoms with van der Waals surface area (Å²) >= 11 is 0. The Morgan fingerprint density at radius 2 is 2.12 bits per heavy atom. The van der Waals surface area contributed by atoms with Gasteiger partial charge in [-0.25, -0.2) is 4.98 Å². The van der Waals surface area contributed by atoms with Gasteiger partial charge < -0.3 is 9.88 Å². The molecule has 0 aliphatic heterocycles. The number of hydrogen-bond acceptors (Lipinski definition) is 3. The lowest BCUT2D eigenvalue weighted by molar-refractivity contribution is -0.137. The van der Waals surface area contributed by atoms with Gasteiger partial charge in [0.2, 0.25) is 0 Å². The van der Waals surface area contributed by atoms with Crippen LogP contribution in [0.15, 0.2) is 36.9 Å². The van der Waals surface area contributed by atoms with Crippen LogP contribution in [0.3, 0.4) is 0 Å². The molecule has 1 heterocycles. The number of anilines is 1. The zero-order valence-electron chi connectivity index (χ0n) is 12.9. The largest absolute Gasteiger partial charge is 0.417 e. The van der Waals surface area contributed by atoms with Crippen molar-refractivity contribution in [2.24, 2.45) is 0 Å². The molecular formula is C17H17F3N4. The Labute approximate surface area is 137 Å². The molecule has 1 aromatic carbocycles. The van der Waals surface area contributed by atoms with Crippen LogP contribution < -0.4 is 5.32 Å². The van der Waals surface area contributed by atoms with Gasteiger partial charge in [-0.2, -0.15) is 18.4 Å². The van der Waals surface area contributed by atoms with Gasteiger partial charge in [-0.3, -0.25) is 0 Å². The first-order valence-corrected chi connectivity index (χ1v) is 7.82. The normalized spacial score (nSPS) is 21.2. The molecule has 2 aromatic rings. The van der Waals surface area contributed by atoms with Crippen LogP contribution >= 0.6 is 0 Å². The van der Waals surface area contributed by atoms with Gasteiger partial charge in [0, 0.05) is 30.2 Å². The zero-order valence-corrected chi connectivity index (χ0v) is 12.9. The van der Waals surface area contributed by atoms with Crippen molar-refractivity contribution in [2.45, 2.75) is 43.9 Å². The van der Waals surface area contributed by atoms with Crippen LogP contribution in [0.2, 0.25) is 0 Å². The molecule has 1 N–H and O–H groups in total. The van der Waals surface area contributed by atoms with Crippen LogP contribution in [0.4, 0.5) is 18.9 Å². The van der Waals surface area contributed by atoms with Crippen LogP contribution in [-0.2, 0) is 6.18 Å². The third kappa shape index (κ3) is 3.53. The molecule has 0 saturated heterocycles. The van der Waals surface area contributed by atoms with E-state index >= 15 is 0 Å². The van der Waals surface area contributed by atoms with Crippen molar-refractivity contribution < 1.29 is 13.2 Å². The number of nitrogens with one attached hydrogen (secondary N) is 1. The monoisotopic (exact) mass is 334 g/mol. The smallest absolute Gasteiger partial charge is 0.382 e. The van der Waals surface area contributed by atoms with Gasteiger partial charge in [-0.05, 0) is 43.9 Å². The summed E-state index contributed by atoms with van der Waals surface area (Å²) in [6.45, 7) is 0. The highest BCUT2D eigenvalue weighted by atomic mass is 19.4. The van der Waals surface area contributed by atoms with Gasteiger partial charge >= 0.3 is 6.18 Å². The number of benzene rings is 1. The van der Waals surface area contributed by atoms with Gasteiger partial charge in [-0.1, -0.05) is 0 Å². The van der Waals surface area contributed by atoms with E-state index in [1.165, 1.54) is 12.1 Å². The SMILES string of the molecule is N#Cc1ccc(NC2CCCC(n3ccnc3)C2)cc1C(F)(F)F. The highest BCUT2D eigenvalue weighted by Crippen LogP contribution is 2.35. The van der Waals surface area contributed by atoms with Crippen LogP contribution in [0, 0.1) is 11.3 Å². The molecule has 3 rings (SSSR count). The first-order valence-electron chi connectivity index (χ1n) is 7.82. The van der Waals surface area contributed by atoms with Gasteiger partial charge in [0.25, 0.3) is 0 Å². The van der Waals surface area contributed by atoms with Gasteiger partial charge in [0.1, 0.15) is 0 Å². The molecule has 1 aromatic heterocycles. The Morgan fingerprint density at radius 1 is 1.29 bits per heavy atom. The lowest BCUT2D eigenvalue weighted by atomic mass is 9.90. The predicted octanol–water partition coefficient (Wildman–Crippen LogP) is 4.37. The van der Waals surface area contributed by atoms with Crippen molar-refractivity contribution >= 4 is 5.69 Å². The van der Waals surface area contributed by atoms with E-state index in [0.29, 0.717) is 11.7 Å². The maximum Gasteiger partial charge on any atom is 0.417 e. The summed E-state index contributed by atoms with van der Waals surface area (Å²) in [5, 5.41) is 12.0. The average molecular weight is 334 g/mol. The topological polar surface area (TPSA) is 53.6 Å². The first-order chi connectivity index (χ1) is 11.5. The summed E-state index contributed by atoms with van der Waals surface area (Å²) < 4.78 is 41.2. The maximum atomic E-state index is 13.1. The summed E-state index contributed by atoms with van der Waals surface area (Å²) in [5.74, 6) is 0. The Morgan fingerprint density at radius 3 is 2.79 bits per heavy atom. The third-order valence-electron chi connectivity index (χ3n) is 4.41. The second kappa shape index (κ2) is 6.56. The van der Waals surface area contributed by atoms with Crippen molar-refractivity contribution in [3.63, 3.8) is 0 Å². The van der Waals surface area contributed by atoms with Crippen molar-refractivity contribution in [3.8, 4) is 6.07 Å². The molecule has 7 heteroatoms. The van der Waals surface area contributed by atoms with Gasteiger partial charge in [-0.15, -0.1) is 0 Å². The summed E-state index contributed by atoms with van der Waals surface area (Å²) in [7, 11) is 0. The minimum atomic E-state index is -4.53. The van der Waals surface area contributed by atoms with Crippen LogP contribution in [0.1, 0.15) is 42.9 Å². The maximum absolute atomic E-state index is 13.1. The molecule has 24 heavy (non-hydrogen) atoms. The molecule has 1 fully saturated rings. The van der Waals surface area contributed by atoms with E-state index in [-0.39, 0.29) is 11.6 Å². The molecule has 2 atom stereocenters. The number of halogens is 3. The quantitative estimate of drug-likeness (QED) is 0.907. The molecule has 1 saturated carbocycles. The van der Waals surface area contributed by atoms with Crippen molar-refractivity contribution in [1.82, 2.24) is 9.55 Å². The summed E-state index contributed by atoms with van der Waals surface area (Å²) in [6, 6.07) is 5.79. The molecule has 0 bridgehead atoms. The number of alkyl halides is 3. The van der Waals surface area contributed by atoms with E-state index in [0.717, 1.165) is 31.7 Å². The van der Waals surface area contributed by atoms with Gasteiger partial charge in [0.05, 0.1) is 23.5 Å². The van der Waals surface area contributed by atoms with Gasteiger partial charge in [0.15, 0.2) is 0 Å². The van der Waals surface area contributed by atoms with Crippen LogP contribution in [-0.4, -0.2) is 15.6 Å². The second-order valence-electron chi connectivity index (χ2n) is 6.04. The Bertz CT molecular complexity index is 731. The Hall–Kier alpha value is -2.49. The number of nitriles is 1. The lowest BCUT2D eigenvalue weighted by Crippen LogP contribution is -2.28. The second-order valence-corrected chi connectivity index (χ2v) is 6.04. The van der Waals surface area contributed by atoms with Crippen molar-refractivity contribution in [1.29, 1.82) is 5.26 Å². The van der Waals surface area contributed by atoms with E-state index in [4.69, 9.17) is 5.26 Å². The molecule has 126 valence electrons. The van der Waals surface area contributed by atoms with Crippen molar-refractivity contribution in [3.05, 3.63) is 48.0 Å². The number of imidazole rings is 1.